The van der Waals surface area contributed by atoms with Crippen LogP contribution < -0.4 is 20.9 Å². The summed E-state index contributed by atoms with van der Waals surface area (Å²) in [5, 5.41) is 7.91. The van der Waals surface area contributed by atoms with Crippen LogP contribution in [0.25, 0.3) is 0 Å². The molecule has 0 radical (unpaired) electrons. The molecular weight excluding hydrogens is 297 g/mol. The molecule has 0 aromatic heterocycles. The van der Waals surface area contributed by atoms with E-state index >= 15 is 0 Å². The molecule has 8 heteroatoms. The normalized spacial score (nSPS) is 11.2. The molecule has 0 unspecified atom stereocenters. The Morgan fingerprint density at radius 1 is 1.24 bits per heavy atom. The van der Waals surface area contributed by atoms with E-state index < -0.39 is 15.8 Å². The zero-order valence-electron chi connectivity index (χ0n) is 11.1. The van der Waals surface area contributed by atoms with E-state index in [2.05, 4.69) is 5.32 Å². The number of halogens is 1. The Morgan fingerprint density at radius 3 is 2.52 bits per heavy atom. The fourth-order valence-electron chi connectivity index (χ4n) is 1.80. The lowest BCUT2D eigenvalue weighted by Gasteiger charge is -2.12. The summed E-state index contributed by atoms with van der Waals surface area (Å²) in [6.45, 7) is 0. The van der Waals surface area contributed by atoms with Crippen molar-refractivity contribution in [3.63, 3.8) is 0 Å². The van der Waals surface area contributed by atoms with Crippen molar-refractivity contribution in [3.8, 4) is 5.75 Å². The quantitative estimate of drug-likeness (QED) is 0.746. The van der Waals surface area contributed by atoms with Crippen LogP contribution in [-0.2, 0) is 10.0 Å². The highest BCUT2D eigenvalue weighted by molar-refractivity contribution is 7.89. The maximum Gasteiger partial charge on any atom is 0.240 e. The Balaban J connectivity index is 2.39. The number of anilines is 3. The van der Waals surface area contributed by atoms with Crippen LogP contribution in [0.2, 0.25) is 0 Å². The van der Waals surface area contributed by atoms with Crippen LogP contribution in [-0.4, -0.2) is 15.5 Å². The van der Waals surface area contributed by atoms with Gasteiger partial charge in [0.15, 0.2) is 11.6 Å². The number of sulfonamides is 1. The first-order valence-corrected chi connectivity index (χ1v) is 7.39. The summed E-state index contributed by atoms with van der Waals surface area (Å²) in [5.74, 6) is -0.449. The average molecular weight is 311 g/mol. The molecule has 21 heavy (non-hydrogen) atoms. The number of ether oxygens (including phenoxy) is 1. The SMILES string of the molecule is COc1ccc(Nc2cccc(S(N)(=O)=O)c2N)cc1F. The molecule has 0 spiro atoms. The van der Waals surface area contributed by atoms with Gasteiger partial charge in [0, 0.05) is 11.8 Å². The smallest absolute Gasteiger partial charge is 0.240 e. The average Bonchev–Trinajstić information content (AvgIpc) is 2.40. The van der Waals surface area contributed by atoms with Gasteiger partial charge in [-0.3, -0.25) is 0 Å². The number of nitrogen functional groups attached to an aromatic ring is 1. The number of nitrogens with two attached hydrogens (primary N) is 2. The minimum Gasteiger partial charge on any atom is -0.494 e. The van der Waals surface area contributed by atoms with Gasteiger partial charge in [-0.25, -0.2) is 17.9 Å². The maximum absolute atomic E-state index is 13.6. The number of hydrogen-bond donors (Lipinski definition) is 3. The summed E-state index contributed by atoms with van der Waals surface area (Å²) >= 11 is 0. The summed E-state index contributed by atoms with van der Waals surface area (Å²) in [7, 11) is -2.57. The molecular formula is C13H14FN3O3S. The monoisotopic (exact) mass is 311 g/mol. The Labute approximate surface area is 121 Å². The standard InChI is InChI=1S/C13H14FN3O3S/c1-20-11-6-5-8(7-9(11)14)17-10-3-2-4-12(13(10)15)21(16,18)19/h2-7,17H,15H2,1H3,(H2,16,18,19). The van der Waals surface area contributed by atoms with Gasteiger partial charge in [0.2, 0.25) is 10.0 Å². The van der Waals surface area contributed by atoms with Crippen molar-refractivity contribution in [1.82, 2.24) is 0 Å². The molecule has 0 bridgehead atoms. The molecule has 2 aromatic carbocycles. The summed E-state index contributed by atoms with van der Waals surface area (Å²) in [6.07, 6.45) is 0. The van der Waals surface area contributed by atoms with Crippen molar-refractivity contribution in [2.75, 3.05) is 18.2 Å². The van der Waals surface area contributed by atoms with Crippen LogP contribution in [0.4, 0.5) is 21.5 Å². The lowest BCUT2D eigenvalue weighted by molar-refractivity contribution is 0.386. The highest BCUT2D eigenvalue weighted by atomic mass is 32.2. The van der Waals surface area contributed by atoms with Crippen LogP contribution in [0.5, 0.6) is 5.75 Å². The second-order valence-electron chi connectivity index (χ2n) is 4.24. The van der Waals surface area contributed by atoms with Crippen LogP contribution in [0.3, 0.4) is 0 Å². The van der Waals surface area contributed by atoms with E-state index in [1.54, 1.807) is 12.1 Å². The molecule has 112 valence electrons. The summed E-state index contributed by atoms with van der Waals surface area (Å²) in [5.41, 5.74) is 6.45. The van der Waals surface area contributed by atoms with E-state index in [1.165, 1.54) is 31.4 Å². The van der Waals surface area contributed by atoms with Crippen molar-refractivity contribution in [2.24, 2.45) is 5.14 Å². The molecule has 0 aliphatic rings. The molecule has 2 rings (SSSR count). The highest BCUT2D eigenvalue weighted by Gasteiger charge is 2.15. The predicted octanol–water partition coefficient (Wildman–Crippen LogP) is 1.81. The predicted molar refractivity (Wildman–Crippen MR) is 78.5 cm³/mol. The zero-order valence-corrected chi connectivity index (χ0v) is 11.9. The largest absolute Gasteiger partial charge is 0.494 e. The molecule has 6 nitrogen and oxygen atoms in total. The van der Waals surface area contributed by atoms with Gasteiger partial charge >= 0.3 is 0 Å². The fourth-order valence-corrected chi connectivity index (χ4v) is 2.49. The van der Waals surface area contributed by atoms with Gasteiger partial charge in [0.1, 0.15) is 4.90 Å². The van der Waals surface area contributed by atoms with Crippen molar-refractivity contribution in [2.45, 2.75) is 4.90 Å². The van der Waals surface area contributed by atoms with E-state index in [0.717, 1.165) is 0 Å². The number of nitrogens with one attached hydrogen (secondary N) is 1. The minimum absolute atomic E-state index is 0.0313. The van der Waals surface area contributed by atoms with Gasteiger partial charge in [-0.15, -0.1) is 0 Å². The number of hydrogen-bond acceptors (Lipinski definition) is 5. The first-order valence-electron chi connectivity index (χ1n) is 5.85. The first-order chi connectivity index (χ1) is 9.82. The van der Waals surface area contributed by atoms with Crippen molar-refractivity contribution in [3.05, 3.63) is 42.2 Å². The number of benzene rings is 2. The third-order valence-electron chi connectivity index (χ3n) is 2.80. The summed E-state index contributed by atoms with van der Waals surface area (Å²) in [6, 6.07) is 8.57. The van der Waals surface area contributed by atoms with E-state index in [9.17, 15) is 12.8 Å². The van der Waals surface area contributed by atoms with E-state index in [0.29, 0.717) is 11.4 Å². The Bertz CT molecular complexity index is 778. The third kappa shape index (κ3) is 3.23. The number of primary sulfonamides is 1. The molecule has 0 saturated carbocycles. The summed E-state index contributed by atoms with van der Waals surface area (Å²) < 4.78 is 41.2. The summed E-state index contributed by atoms with van der Waals surface area (Å²) in [4.78, 5) is -0.193. The molecule has 0 aliphatic heterocycles. The lowest BCUT2D eigenvalue weighted by Crippen LogP contribution is -2.15. The Kier molecular flexibility index (Phi) is 4.01. The van der Waals surface area contributed by atoms with E-state index in [1.807, 2.05) is 0 Å². The van der Waals surface area contributed by atoms with Crippen molar-refractivity contribution >= 4 is 27.1 Å². The molecule has 5 N–H and O–H groups in total. The highest BCUT2D eigenvalue weighted by Crippen LogP contribution is 2.30. The van der Waals surface area contributed by atoms with Crippen LogP contribution in [0.15, 0.2) is 41.3 Å². The second kappa shape index (κ2) is 5.58. The Morgan fingerprint density at radius 2 is 1.95 bits per heavy atom. The molecule has 2 aromatic rings. The first kappa shape index (κ1) is 15.1. The van der Waals surface area contributed by atoms with Gasteiger partial charge in [-0.1, -0.05) is 6.07 Å². The topological polar surface area (TPSA) is 107 Å². The number of rotatable bonds is 4. The van der Waals surface area contributed by atoms with Gasteiger partial charge < -0.3 is 15.8 Å². The van der Waals surface area contributed by atoms with Gasteiger partial charge in [0.05, 0.1) is 18.5 Å². The van der Waals surface area contributed by atoms with E-state index in [4.69, 9.17) is 15.6 Å². The number of methoxy groups -OCH3 is 1. The maximum atomic E-state index is 13.6. The minimum atomic E-state index is -3.93. The van der Waals surface area contributed by atoms with Crippen LogP contribution >= 0.6 is 0 Å². The van der Waals surface area contributed by atoms with Crippen LogP contribution in [0, 0.1) is 5.82 Å². The Hall–Kier alpha value is -2.32. The zero-order chi connectivity index (χ0) is 15.6. The second-order valence-corrected chi connectivity index (χ2v) is 5.77. The van der Waals surface area contributed by atoms with Crippen molar-refractivity contribution < 1.29 is 17.5 Å². The third-order valence-corrected chi connectivity index (χ3v) is 3.77. The van der Waals surface area contributed by atoms with Crippen molar-refractivity contribution in [1.29, 1.82) is 0 Å². The van der Waals surface area contributed by atoms with Gasteiger partial charge in [0.25, 0.3) is 0 Å². The molecule has 0 aliphatic carbocycles. The molecule has 0 amide bonds. The van der Waals surface area contributed by atoms with E-state index in [-0.39, 0.29) is 16.3 Å². The lowest BCUT2D eigenvalue weighted by atomic mass is 10.2. The number of para-hydroxylation sites is 1. The van der Waals surface area contributed by atoms with Gasteiger partial charge in [-0.2, -0.15) is 0 Å². The molecule has 0 saturated heterocycles. The van der Waals surface area contributed by atoms with Crippen LogP contribution in [0.1, 0.15) is 0 Å². The molecule has 0 heterocycles. The fraction of sp³-hybridized carbons (Fsp3) is 0.0769. The molecule has 0 atom stereocenters. The van der Waals surface area contributed by atoms with Gasteiger partial charge in [-0.05, 0) is 24.3 Å². The molecule has 0 fully saturated rings.